The van der Waals surface area contributed by atoms with Crippen molar-refractivity contribution in [3.8, 4) is 0 Å². The third-order valence-corrected chi connectivity index (χ3v) is 7.00. The van der Waals surface area contributed by atoms with Crippen LogP contribution in [0.1, 0.15) is 58.8 Å². The molecule has 21 heavy (non-hydrogen) atoms. The lowest BCUT2D eigenvalue weighted by atomic mass is 9.96. The molecule has 0 aromatic carbocycles. The Morgan fingerprint density at radius 1 is 1.10 bits per heavy atom. The van der Waals surface area contributed by atoms with Crippen molar-refractivity contribution in [3.05, 3.63) is 0 Å². The number of nitrogens with zero attached hydrogens (tertiary/aromatic N) is 2. The Morgan fingerprint density at radius 3 is 2.48 bits per heavy atom. The van der Waals surface area contributed by atoms with Crippen LogP contribution in [0.5, 0.6) is 0 Å². The second kappa shape index (κ2) is 5.88. The Balaban J connectivity index is 1.77. The van der Waals surface area contributed by atoms with Crippen molar-refractivity contribution in [1.29, 1.82) is 0 Å². The highest BCUT2D eigenvalue weighted by molar-refractivity contribution is 7.91. The van der Waals surface area contributed by atoms with Gasteiger partial charge in [-0.1, -0.05) is 12.8 Å². The normalized spacial score (nSPS) is 40.0. The highest BCUT2D eigenvalue weighted by atomic mass is 32.2. The Morgan fingerprint density at radius 2 is 1.76 bits per heavy atom. The van der Waals surface area contributed by atoms with Crippen LogP contribution in [0.3, 0.4) is 0 Å². The Bertz CT molecular complexity index is 507. The minimum absolute atomic E-state index is 0.174. The van der Waals surface area contributed by atoms with Crippen molar-refractivity contribution < 1.29 is 13.2 Å². The molecule has 4 unspecified atom stereocenters. The Labute approximate surface area is 127 Å². The van der Waals surface area contributed by atoms with E-state index in [1.54, 1.807) is 0 Å². The van der Waals surface area contributed by atoms with Crippen LogP contribution < -0.4 is 0 Å². The molecule has 0 spiro atoms. The lowest BCUT2D eigenvalue weighted by Gasteiger charge is -2.40. The van der Waals surface area contributed by atoms with Gasteiger partial charge in [0.05, 0.1) is 6.54 Å². The zero-order chi connectivity index (χ0) is 15.0. The fourth-order valence-corrected chi connectivity index (χ4v) is 5.51. The molecule has 0 amide bonds. The van der Waals surface area contributed by atoms with Crippen molar-refractivity contribution >= 4 is 15.9 Å². The van der Waals surface area contributed by atoms with E-state index in [1.807, 2.05) is 0 Å². The van der Waals surface area contributed by atoms with Gasteiger partial charge >= 0.3 is 0 Å². The topological polar surface area (TPSA) is 59.0 Å². The van der Waals surface area contributed by atoms with Gasteiger partial charge in [-0.15, -0.1) is 4.40 Å². The van der Waals surface area contributed by atoms with Gasteiger partial charge in [0.1, 0.15) is 11.4 Å². The third kappa shape index (κ3) is 3.11. The van der Waals surface area contributed by atoms with Gasteiger partial charge in [-0.25, -0.2) is 8.42 Å². The van der Waals surface area contributed by atoms with E-state index in [2.05, 4.69) is 23.1 Å². The molecule has 6 heteroatoms. The summed E-state index contributed by atoms with van der Waals surface area (Å²) in [6, 6.07) is 0.929. The zero-order valence-corrected chi connectivity index (χ0v) is 13.8. The standard InChI is InChI=1S/C15H26N2O3S/c1-11-6-5-7-12(2)17(11)10-15-16-21(18,19)14-9-4-3-8-13(14)20-15/h11-14H,3-10H2,1-2H3. The first-order valence-corrected chi connectivity index (χ1v) is 9.73. The molecule has 1 aliphatic carbocycles. The van der Waals surface area contributed by atoms with Crippen molar-refractivity contribution in [3.63, 3.8) is 0 Å². The predicted octanol–water partition coefficient (Wildman–Crippen LogP) is 2.32. The van der Waals surface area contributed by atoms with Crippen LogP contribution in [0, 0.1) is 0 Å². The van der Waals surface area contributed by atoms with Crippen molar-refractivity contribution in [2.75, 3.05) is 6.54 Å². The minimum atomic E-state index is -3.38. The summed E-state index contributed by atoms with van der Waals surface area (Å²) in [6.45, 7) is 4.94. The first-order chi connectivity index (χ1) is 9.97. The van der Waals surface area contributed by atoms with E-state index in [0.717, 1.165) is 32.1 Å². The molecule has 0 radical (unpaired) electrons. The highest BCUT2D eigenvalue weighted by Gasteiger charge is 2.42. The average molecular weight is 314 g/mol. The van der Waals surface area contributed by atoms with Gasteiger partial charge in [-0.3, -0.25) is 4.90 Å². The van der Waals surface area contributed by atoms with Crippen LogP contribution in [0.25, 0.3) is 0 Å². The summed E-state index contributed by atoms with van der Waals surface area (Å²) < 4.78 is 34.6. The Hall–Kier alpha value is -0.620. The number of hydrogen-bond donors (Lipinski definition) is 0. The van der Waals surface area contributed by atoms with E-state index < -0.39 is 15.3 Å². The maximum atomic E-state index is 12.3. The highest BCUT2D eigenvalue weighted by Crippen LogP contribution is 2.32. The minimum Gasteiger partial charge on any atom is -0.475 e. The fraction of sp³-hybridized carbons (Fsp3) is 0.933. The van der Waals surface area contributed by atoms with E-state index in [-0.39, 0.29) is 6.10 Å². The second-order valence-corrected chi connectivity index (χ2v) is 8.60. The number of hydrogen-bond acceptors (Lipinski definition) is 4. The number of likely N-dealkylation sites (tertiary alicyclic amines) is 1. The summed E-state index contributed by atoms with van der Waals surface area (Å²) in [5.41, 5.74) is 0. The van der Waals surface area contributed by atoms with E-state index in [0.29, 0.717) is 30.9 Å². The third-order valence-electron chi connectivity index (χ3n) is 5.23. The molecule has 3 rings (SSSR count). The van der Waals surface area contributed by atoms with Crippen molar-refractivity contribution in [2.45, 2.75) is 82.2 Å². The number of ether oxygens (including phenoxy) is 1. The summed E-state index contributed by atoms with van der Waals surface area (Å²) in [4.78, 5) is 2.33. The van der Waals surface area contributed by atoms with Gasteiger partial charge in [-0.2, -0.15) is 0 Å². The molecule has 2 fully saturated rings. The predicted molar refractivity (Wildman–Crippen MR) is 83.0 cm³/mol. The van der Waals surface area contributed by atoms with Gasteiger partial charge in [0.15, 0.2) is 0 Å². The molecule has 0 aromatic heterocycles. The van der Waals surface area contributed by atoms with Gasteiger partial charge < -0.3 is 4.74 Å². The molecule has 0 aromatic rings. The smallest absolute Gasteiger partial charge is 0.262 e. The Kier molecular flexibility index (Phi) is 4.28. The molecule has 0 bridgehead atoms. The van der Waals surface area contributed by atoms with E-state index in [1.165, 1.54) is 6.42 Å². The van der Waals surface area contributed by atoms with Gasteiger partial charge in [-0.05, 0) is 46.0 Å². The largest absolute Gasteiger partial charge is 0.475 e. The monoisotopic (exact) mass is 314 g/mol. The molecule has 1 saturated carbocycles. The first-order valence-electron chi connectivity index (χ1n) is 8.22. The molecular weight excluding hydrogens is 288 g/mol. The van der Waals surface area contributed by atoms with Crippen LogP contribution in [0.4, 0.5) is 0 Å². The van der Waals surface area contributed by atoms with Gasteiger partial charge in [0.25, 0.3) is 10.0 Å². The maximum absolute atomic E-state index is 12.3. The summed E-state index contributed by atoms with van der Waals surface area (Å²) in [7, 11) is -3.38. The number of sulfonamides is 1. The summed E-state index contributed by atoms with van der Waals surface area (Å²) >= 11 is 0. The zero-order valence-electron chi connectivity index (χ0n) is 13.0. The van der Waals surface area contributed by atoms with Crippen LogP contribution in [-0.4, -0.2) is 49.2 Å². The molecule has 1 saturated heterocycles. The quantitative estimate of drug-likeness (QED) is 0.785. The summed E-state index contributed by atoms with van der Waals surface area (Å²) in [5.74, 6) is 0.416. The summed E-state index contributed by atoms with van der Waals surface area (Å²) in [5, 5.41) is -0.411. The molecule has 2 heterocycles. The number of piperidine rings is 1. The molecular formula is C15H26N2O3S. The fourth-order valence-electron chi connectivity index (χ4n) is 3.95. The average Bonchev–Trinajstić information content (AvgIpc) is 2.42. The number of fused-ring (bicyclic) bond motifs is 1. The molecule has 2 aliphatic heterocycles. The lowest BCUT2D eigenvalue weighted by Crippen LogP contribution is -2.50. The van der Waals surface area contributed by atoms with Crippen molar-refractivity contribution in [2.24, 2.45) is 4.40 Å². The summed E-state index contributed by atoms with van der Waals surface area (Å²) in [6.07, 6.45) is 6.96. The second-order valence-electron chi connectivity index (χ2n) is 6.78. The molecule has 4 atom stereocenters. The van der Waals surface area contributed by atoms with Gasteiger partial charge in [0, 0.05) is 12.1 Å². The maximum Gasteiger partial charge on any atom is 0.262 e. The molecule has 5 nitrogen and oxygen atoms in total. The lowest BCUT2D eigenvalue weighted by molar-refractivity contribution is 0.0932. The van der Waals surface area contributed by atoms with Crippen LogP contribution in [0.2, 0.25) is 0 Å². The molecule has 0 N–H and O–H groups in total. The van der Waals surface area contributed by atoms with Crippen molar-refractivity contribution in [1.82, 2.24) is 4.90 Å². The van der Waals surface area contributed by atoms with E-state index in [4.69, 9.17) is 4.74 Å². The van der Waals surface area contributed by atoms with Crippen LogP contribution in [0.15, 0.2) is 4.40 Å². The molecule has 120 valence electrons. The van der Waals surface area contributed by atoms with E-state index >= 15 is 0 Å². The van der Waals surface area contributed by atoms with Crippen LogP contribution in [-0.2, 0) is 14.8 Å². The first kappa shape index (κ1) is 15.3. The van der Waals surface area contributed by atoms with E-state index in [9.17, 15) is 8.42 Å². The molecule has 3 aliphatic rings. The van der Waals surface area contributed by atoms with Gasteiger partial charge in [0.2, 0.25) is 5.90 Å². The van der Waals surface area contributed by atoms with Crippen LogP contribution >= 0.6 is 0 Å². The SMILES string of the molecule is CC1CCCC(C)N1CC1=NS(=O)(=O)C2CCCCC2O1. The number of rotatable bonds is 2.